The third-order valence-electron chi connectivity index (χ3n) is 6.90. The highest BCUT2D eigenvalue weighted by Gasteiger charge is 2.34. The van der Waals surface area contributed by atoms with Gasteiger partial charge in [0.15, 0.2) is 5.69 Å². The number of nitrogens with one attached hydrogen (secondary N) is 2. The molecule has 3 amide bonds. The lowest BCUT2D eigenvalue weighted by atomic mass is 9.97. The Morgan fingerprint density at radius 2 is 1.88 bits per heavy atom. The molecule has 0 spiro atoms. The lowest BCUT2D eigenvalue weighted by Crippen LogP contribution is -2.42. The lowest BCUT2D eigenvalue weighted by Gasteiger charge is -2.30. The van der Waals surface area contributed by atoms with Gasteiger partial charge in [0.1, 0.15) is 5.75 Å². The van der Waals surface area contributed by atoms with Crippen molar-refractivity contribution < 1.29 is 14.3 Å². The number of ether oxygens (including phenoxy) is 1. The molecule has 0 saturated heterocycles. The molecule has 1 aliphatic heterocycles. The van der Waals surface area contributed by atoms with Gasteiger partial charge in [0.2, 0.25) is 0 Å². The van der Waals surface area contributed by atoms with Gasteiger partial charge < -0.3 is 20.3 Å². The smallest absolute Gasteiger partial charge is 0.317 e. The number of fused-ring (bicyclic) bond motifs is 1. The Balaban J connectivity index is 1.67. The van der Waals surface area contributed by atoms with Crippen LogP contribution in [0.3, 0.4) is 0 Å². The first-order valence-electron chi connectivity index (χ1n) is 13.5. The molecule has 2 aromatic carbocycles. The molecule has 5 rings (SSSR count). The van der Waals surface area contributed by atoms with Gasteiger partial charge in [-0.3, -0.25) is 9.78 Å². The van der Waals surface area contributed by atoms with Gasteiger partial charge in [-0.15, -0.1) is 0 Å². The van der Waals surface area contributed by atoms with Crippen molar-refractivity contribution in [3.05, 3.63) is 105 Å². The number of benzene rings is 2. The number of urea groups is 1. The van der Waals surface area contributed by atoms with Crippen LogP contribution in [0, 0.1) is 0 Å². The molecule has 1 atom stereocenters. The van der Waals surface area contributed by atoms with Gasteiger partial charge in [0, 0.05) is 29.9 Å². The van der Waals surface area contributed by atoms with E-state index >= 15 is 0 Å². The SMILES string of the molecule is CCNC(=O)N1C/C(=C\c2ccc(OC)cc2)c2c(c(C(=O)N[C@H](C)c3ccccn3)nn2-c2ccc(Cl)cc2Cl)C1. The molecule has 9 nitrogen and oxygen atoms in total. The summed E-state index contributed by atoms with van der Waals surface area (Å²) < 4.78 is 6.98. The molecule has 0 fully saturated rings. The number of aromatic nitrogens is 3. The summed E-state index contributed by atoms with van der Waals surface area (Å²) in [6, 6.07) is 17.6. The van der Waals surface area contributed by atoms with E-state index in [4.69, 9.17) is 33.0 Å². The topological polar surface area (TPSA) is 101 Å². The van der Waals surface area contributed by atoms with E-state index in [9.17, 15) is 9.59 Å². The van der Waals surface area contributed by atoms with E-state index in [2.05, 4.69) is 15.6 Å². The second-order valence-electron chi connectivity index (χ2n) is 9.77. The minimum atomic E-state index is -0.394. The maximum absolute atomic E-state index is 13.8. The average molecular weight is 606 g/mol. The van der Waals surface area contributed by atoms with Crippen molar-refractivity contribution in [1.29, 1.82) is 0 Å². The Morgan fingerprint density at radius 3 is 2.55 bits per heavy atom. The Morgan fingerprint density at radius 1 is 1.10 bits per heavy atom. The highest BCUT2D eigenvalue weighted by molar-refractivity contribution is 6.35. The summed E-state index contributed by atoms with van der Waals surface area (Å²) in [6.45, 7) is 4.64. The van der Waals surface area contributed by atoms with Gasteiger partial charge in [-0.25, -0.2) is 9.48 Å². The first-order chi connectivity index (χ1) is 20.3. The summed E-state index contributed by atoms with van der Waals surface area (Å²) in [4.78, 5) is 32.9. The van der Waals surface area contributed by atoms with E-state index in [-0.39, 0.29) is 30.9 Å². The van der Waals surface area contributed by atoms with Crippen molar-refractivity contribution in [2.24, 2.45) is 0 Å². The summed E-state index contributed by atoms with van der Waals surface area (Å²) >= 11 is 12.9. The number of pyridine rings is 1. The van der Waals surface area contributed by atoms with Crippen LogP contribution >= 0.6 is 23.2 Å². The van der Waals surface area contributed by atoms with Gasteiger partial charge in [0.25, 0.3) is 5.91 Å². The van der Waals surface area contributed by atoms with Crippen molar-refractivity contribution in [1.82, 2.24) is 30.3 Å². The van der Waals surface area contributed by atoms with Crippen molar-refractivity contribution in [3.8, 4) is 11.4 Å². The largest absolute Gasteiger partial charge is 0.497 e. The van der Waals surface area contributed by atoms with Crippen LogP contribution in [0.25, 0.3) is 17.3 Å². The Hall–Kier alpha value is -4.34. The van der Waals surface area contributed by atoms with Crippen LogP contribution in [0.2, 0.25) is 10.0 Å². The summed E-state index contributed by atoms with van der Waals surface area (Å²) in [5.74, 6) is 0.333. The Bertz CT molecular complexity index is 1640. The van der Waals surface area contributed by atoms with Gasteiger partial charge in [-0.2, -0.15) is 5.10 Å². The summed E-state index contributed by atoms with van der Waals surface area (Å²) in [6.07, 6.45) is 3.65. The molecule has 2 N–H and O–H groups in total. The number of rotatable bonds is 7. The number of carbonyl (C=O) groups excluding carboxylic acids is 2. The predicted molar refractivity (Wildman–Crippen MR) is 164 cm³/mol. The molecule has 0 aliphatic carbocycles. The van der Waals surface area contributed by atoms with Crippen LogP contribution in [0.1, 0.15) is 52.9 Å². The third kappa shape index (κ3) is 6.12. The zero-order valence-corrected chi connectivity index (χ0v) is 24.9. The molecule has 3 heterocycles. The minimum absolute atomic E-state index is 0.174. The molecular weight excluding hydrogens is 575 g/mol. The van der Waals surface area contributed by atoms with Crippen molar-refractivity contribution >= 4 is 46.8 Å². The van der Waals surface area contributed by atoms with Crippen molar-refractivity contribution in [2.75, 3.05) is 20.2 Å². The summed E-state index contributed by atoms with van der Waals surface area (Å²) in [7, 11) is 1.61. The third-order valence-corrected chi connectivity index (χ3v) is 7.44. The van der Waals surface area contributed by atoms with Crippen molar-refractivity contribution in [2.45, 2.75) is 26.4 Å². The highest BCUT2D eigenvalue weighted by Crippen LogP contribution is 2.36. The van der Waals surface area contributed by atoms with Crippen LogP contribution in [0.15, 0.2) is 66.9 Å². The lowest BCUT2D eigenvalue weighted by molar-refractivity contribution is 0.0931. The molecule has 2 aromatic heterocycles. The monoisotopic (exact) mass is 604 g/mol. The first kappa shape index (κ1) is 29.2. The molecule has 216 valence electrons. The van der Waals surface area contributed by atoms with Gasteiger partial charge in [-0.1, -0.05) is 41.4 Å². The summed E-state index contributed by atoms with van der Waals surface area (Å²) in [5, 5.41) is 11.5. The van der Waals surface area contributed by atoms with Crippen molar-refractivity contribution in [3.63, 3.8) is 0 Å². The molecule has 11 heteroatoms. The first-order valence-corrected chi connectivity index (χ1v) is 14.2. The average Bonchev–Trinajstić information content (AvgIpc) is 3.38. The van der Waals surface area contributed by atoms with Crippen LogP contribution in [-0.2, 0) is 6.54 Å². The molecule has 42 heavy (non-hydrogen) atoms. The summed E-state index contributed by atoms with van der Waals surface area (Å²) in [5.41, 5.74) is 4.41. The maximum atomic E-state index is 13.8. The zero-order chi connectivity index (χ0) is 29.8. The van der Waals surface area contributed by atoms with Crippen LogP contribution in [-0.4, -0.2) is 51.8 Å². The quantitative estimate of drug-likeness (QED) is 0.263. The number of carbonyl (C=O) groups is 2. The number of nitrogens with zero attached hydrogens (tertiary/aromatic N) is 4. The van der Waals surface area contributed by atoms with E-state index in [1.54, 1.807) is 41.1 Å². The number of hydrogen-bond acceptors (Lipinski definition) is 5. The minimum Gasteiger partial charge on any atom is -0.497 e. The van der Waals surface area contributed by atoms with Gasteiger partial charge in [0.05, 0.1) is 41.8 Å². The van der Waals surface area contributed by atoms with Crippen LogP contribution < -0.4 is 15.4 Å². The number of hydrogen-bond donors (Lipinski definition) is 2. The van der Waals surface area contributed by atoms with E-state index in [0.717, 1.165) is 16.9 Å². The fourth-order valence-electron chi connectivity index (χ4n) is 4.86. The Kier molecular flexibility index (Phi) is 8.80. The van der Waals surface area contributed by atoms with E-state index in [1.807, 2.05) is 62.4 Å². The Labute approximate surface area is 254 Å². The van der Waals surface area contributed by atoms with Gasteiger partial charge in [-0.05, 0) is 73.5 Å². The van der Waals surface area contributed by atoms with Crippen LogP contribution in [0.5, 0.6) is 5.75 Å². The molecular formula is C31H30Cl2N6O3. The standard InChI is InChI=1S/C31H30Cl2N6O3/c1-4-34-31(41)38-17-21(15-20-8-11-23(42-3)12-9-20)29-24(18-38)28(30(40)36-19(2)26-7-5-6-14-35-26)37-39(29)27-13-10-22(32)16-25(27)33/h5-16,19H,4,17-18H2,1-3H3,(H,34,41)(H,36,40)/b21-15+/t19-/m1/s1. The number of halogens is 2. The van der Waals surface area contributed by atoms with E-state index in [1.165, 1.54) is 0 Å². The second kappa shape index (κ2) is 12.7. The predicted octanol–water partition coefficient (Wildman–Crippen LogP) is 6.16. The molecule has 0 bridgehead atoms. The fourth-order valence-corrected chi connectivity index (χ4v) is 5.35. The molecule has 0 radical (unpaired) electrons. The zero-order valence-electron chi connectivity index (χ0n) is 23.4. The maximum Gasteiger partial charge on any atom is 0.317 e. The fraction of sp³-hybridized carbons (Fsp3) is 0.226. The van der Waals surface area contributed by atoms with Gasteiger partial charge >= 0.3 is 6.03 Å². The van der Waals surface area contributed by atoms with Crippen LogP contribution in [0.4, 0.5) is 4.79 Å². The van der Waals surface area contributed by atoms with E-state index in [0.29, 0.717) is 39.2 Å². The molecule has 4 aromatic rings. The normalized spacial score (nSPS) is 14.3. The molecule has 0 saturated carbocycles. The second-order valence-corrected chi connectivity index (χ2v) is 10.6. The van der Waals surface area contributed by atoms with E-state index < -0.39 is 5.91 Å². The molecule has 1 aliphatic rings. The highest BCUT2D eigenvalue weighted by atomic mass is 35.5. The number of amides is 3. The molecule has 0 unspecified atom stereocenters. The number of methoxy groups -OCH3 is 1.